The zero-order chi connectivity index (χ0) is 10.9. The third kappa shape index (κ3) is 1.69. The van der Waals surface area contributed by atoms with Crippen LogP contribution in [0.15, 0.2) is 0 Å². The molecule has 0 bridgehead atoms. The molecule has 1 aliphatic rings. The van der Waals surface area contributed by atoms with Gasteiger partial charge in [0.2, 0.25) is 0 Å². The summed E-state index contributed by atoms with van der Waals surface area (Å²) in [6.07, 6.45) is 0.736. The van der Waals surface area contributed by atoms with Gasteiger partial charge >= 0.3 is 6.03 Å². The first kappa shape index (κ1) is 11.3. The van der Waals surface area contributed by atoms with E-state index in [-0.39, 0.29) is 31.1 Å². The Labute approximate surface area is 83.9 Å². The maximum absolute atomic E-state index is 11.7. The first-order chi connectivity index (χ1) is 6.44. The van der Waals surface area contributed by atoms with Crippen molar-refractivity contribution in [3.63, 3.8) is 0 Å². The van der Waals surface area contributed by atoms with E-state index in [1.54, 1.807) is 0 Å². The fourth-order valence-corrected chi connectivity index (χ4v) is 2.00. The molecule has 2 amide bonds. The molecule has 14 heavy (non-hydrogen) atoms. The van der Waals surface area contributed by atoms with Gasteiger partial charge in [-0.3, -0.25) is 9.80 Å². The third-order valence-electron chi connectivity index (χ3n) is 2.83. The predicted octanol–water partition coefficient (Wildman–Crippen LogP) is 0.181. The second kappa shape index (κ2) is 3.74. The molecule has 5 nitrogen and oxygen atoms in total. The predicted molar refractivity (Wildman–Crippen MR) is 51.4 cm³/mol. The minimum Gasteiger partial charge on any atom is -0.376 e. The Balaban J connectivity index is 2.90. The highest BCUT2D eigenvalue weighted by atomic mass is 16.3. The van der Waals surface area contributed by atoms with E-state index >= 15 is 0 Å². The number of hydrogen-bond donors (Lipinski definition) is 2. The smallest absolute Gasteiger partial charge is 0.324 e. The molecular weight excluding hydrogens is 184 g/mol. The lowest BCUT2D eigenvalue weighted by Crippen LogP contribution is -2.62. The summed E-state index contributed by atoms with van der Waals surface area (Å²) in [7, 11) is 0. The average Bonchev–Trinajstić information content (AvgIpc) is 2.02. The molecule has 2 N–H and O–H groups in total. The van der Waals surface area contributed by atoms with Gasteiger partial charge in [-0.25, -0.2) is 4.79 Å². The van der Waals surface area contributed by atoms with E-state index in [1.165, 1.54) is 9.80 Å². The molecule has 82 valence electrons. The van der Waals surface area contributed by atoms with E-state index in [0.29, 0.717) is 0 Å². The fourth-order valence-electron chi connectivity index (χ4n) is 2.00. The molecule has 1 saturated heterocycles. The minimum absolute atomic E-state index is 0.00491. The number of nitrogens with zero attached hydrogens (tertiary/aromatic N) is 2. The van der Waals surface area contributed by atoms with Crippen LogP contribution >= 0.6 is 0 Å². The van der Waals surface area contributed by atoms with Crippen molar-refractivity contribution < 1.29 is 15.0 Å². The third-order valence-corrected chi connectivity index (χ3v) is 2.83. The quantitative estimate of drug-likeness (QED) is 0.671. The van der Waals surface area contributed by atoms with Gasteiger partial charge < -0.3 is 10.2 Å². The molecule has 1 heterocycles. The summed E-state index contributed by atoms with van der Waals surface area (Å²) in [5, 5.41) is 18.1. The van der Waals surface area contributed by atoms with Crippen LogP contribution in [0.1, 0.15) is 27.2 Å². The monoisotopic (exact) mass is 202 g/mol. The molecular formula is C9H18N2O3. The van der Waals surface area contributed by atoms with Gasteiger partial charge in [-0.2, -0.15) is 0 Å². The van der Waals surface area contributed by atoms with Crippen LogP contribution in [-0.4, -0.2) is 51.1 Å². The minimum atomic E-state index is -0.350. The molecule has 0 spiro atoms. The molecule has 0 aromatic heterocycles. The molecule has 0 aromatic rings. The molecule has 1 atom stereocenters. The van der Waals surface area contributed by atoms with E-state index in [4.69, 9.17) is 10.2 Å². The lowest BCUT2D eigenvalue weighted by Gasteiger charge is -2.48. The average molecular weight is 202 g/mol. The zero-order valence-corrected chi connectivity index (χ0v) is 8.90. The Kier molecular flexibility index (Phi) is 3.01. The Bertz CT molecular complexity index is 230. The fraction of sp³-hybridized carbons (Fsp3) is 0.889. The highest BCUT2D eigenvalue weighted by Gasteiger charge is 2.41. The van der Waals surface area contributed by atoms with Crippen molar-refractivity contribution in [1.29, 1.82) is 0 Å². The maximum Gasteiger partial charge on any atom is 0.324 e. The molecule has 5 heteroatoms. The Morgan fingerprint density at radius 1 is 1.43 bits per heavy atom. The Morgan fingerprint density at radius 2 is 2.00 bits per heavy atom. The molecule has 0 aromatic carbocycles. The van der Waals surface area contributed by atoms with Gasteiger partial charge in [0.1, 0.15) is 13.5 Å². The van der Waals surface area contributed by atoms with Crippen molar-refractivity contribution in [2.45, 2.75) is 38.8 Å². The molecule has 0 radical (unpaired) electrons. The number of rotatable bonds is 2. The Morgan fingerprint density at radius 3 is 2.43 bits per heavy atom. The summed E-state index contributed by atoms with van der Waals surface area (Å²) in [5.74, 6) is 0. The number of carbonyl (C=O) groups is 1. The van der Waals surface area contributed by atoms with Crippen LogP contribution in [0.2, 0.25) is 0 Å². The SMILES string of the molecule is CC1CC(C)(C)N(CO)C(=O)N1CO. The van der Waals surface area contributed by atoms with Crippen LogP contribution in [-0.2, 0) is 0 Å². The van der Waals surface area contributed by atoms with E-state index in [0.717, 1.165) is 6.42 Å². The first-order valence-corrected chi connectivity index (χ1v) is 4.74. The van der Waals surface area contributed by atoms with Crippen molar-refractivity contribution in [2.75, 3.05) is 13.5 Å². The highest BCUT2D eigenvalue weighted by molar-refractivity contribution is 5.76. The van der Waals surface area contributed by atoms with Crippen molar-refractivity contribution in [3.8, 4) is 0 Å². The second-order valence-electron chi connectivity index (χ2n) is 4.33. The summed E-state index contributed by atoms with van der Waals surface area (Å²) >= 11 is 0. The van der Waals surface area contributed by atoms with Crippen molar-refractivity contribution in [2.24, 2.45) is 0 Å². The topological polar surface area (TPSA) is 64.0 Å². The molecule has 1 rings (SSSR count). The van der Waals surface area contributed by atoms with Crippen LogP contribution in [0, 0.1) is 0 Å². The summed E-state index contributed by atoms with van der Waals surface area (Å²) in [5.41, 5.74) is -0.350. The van der Waals surface area contributed by atoms with Gasteiger partial charge in [0.25, 0.3) is 0 Å². The number of aliphatic hydroxyl groups excluding tert-OH is 2. The van der Waals surface area contributed by atoms with Crippen LogP contribution in [0.3, 0.4) is 0 Å². The van der Waals surface area contributed by atoms with Gasteiger partial charge in [-0.05, 0) is 27.2 Å². The Hall–Kier alpha value is -0.810. The van der Waals surface area contributed by atoms with Crippen molar-refractivity contribution in [1.82, 2.24) is 9.80 Å². The van der Waals surface area contributed by atoms with Gasteiger partial charge in [-0.15, -0.1) is 0 Å². The largest absolute Gasteiger partial charge is 0.376 e. The number of carbonyl (C=O) groups excluding carboxylic acids is 1. The first-order valence-electron chi connectivity index (χ1n) is 4.74. The maximum atomic E-state index is 11.7. The van der Waals surface area contributed by atoms with Gasteiger partial charge in [-0.1, -0.05) is 0 Å². The summed E-state index contributed by atoms with van der Waals surface area (Å²) < 4.78 is 0. The lowest BCUT2D eigenvalue weighted by atomic mass is 9.91. The van der Waals surface area contributed by atoms with Crippen LogP contribution < -0.4 is 0 Å². The van der Waals surface area contributed by atoms with Gasteiger partial charge in [0.05, 0.1) is 0 Å². The molecule has 1 unspecified atom stereocenters. The molecule has 0 aliphatic carbocycles. The number of urea groups is 1. The standard InChI is InChI=1S/C9H18N2O3/c1-7-4-9(2,3)11(6-13)8(14)10(7)5-12/h7,12-13H,4-6H2,1-3H3. The summed E-state index contributed by atoms with van der Waals surface area (Å²) in [6.45, 7) is 5.10. The van der Waals surface area contributed by atoms with Crippen LogP contribution in [0.5, 0.6) is 0 Å². The summed E-state index contributed by atoms with van der Waals surface area (Å²) in [6, 6.07) is -0.302. The van der Waals surface area contributed by atoms with Crippen molar-refractivity contribution in [3.05, 3.63) is 0 Å². The van der Waals surface area contributed by atoms with Gasteiger partial charge in [0.15, 0.2) is 0 Å². The molecule has 1 aliphatic heterocycles. The van der Waals surface area contributed by atoms with Crippen molar-refractivity contribution >= 4 is 6.03 Å². The van der Waals surface area contributed by atoms with Gasteiger partial charge in [0, 0.05) is 11.6 Å². The number of amides is 2. The number of hydrogen-bond acceptors (Lipinski definition) is 3. The number of aliphatic hydroxyl groups is 2. The lowest BCUT2D eigenvalue weighted by molar-refractivity contribution is -0.0316. The molecule has 1 fully saturated rings. The van der Waals surface area contributed by atoms with Crippen LogP contribution in [0.25, 0.3) is 0 Å². The van der Waals surface area contributed by atoms with E-state index < -0.39 is 0 Å². The second-order valence-corrected chi connectivity index (χ2v) is 4.33. The van der Waals surface area contributed by atoms with E-state index in [2.05, 4.69) is 0 Å². The van der Waals surface area contributed by atoms with Crippen LogP contribution in [0.4, 0.5) is 4.79 Å². The zero-order valence-electron chi connectivity index (χ0n) is 8.90. The normalized spacial score (nSPS) is 26.9. The van der Waals surface area contributed by atoms with E-state index in [9.17, 15) is 4.79 Å². The molecule has 0 saturated carbocycles. The summed E-state index contributed by atoms with van der Waals surface area (Å²) in [4.78, 5) is 14.5. The highest BCUT2D eigenvalue weighted by Crippen LogP contribution is 2.29. The van der Waals surface area contributed by atoms with E-state index in [1.807, 2.05) is 20.8 Å².